The third-order valence-corrected chi connectivity index (χ3v) is 5.24. The highest BCUT2D eigenvalue weighted by molar-refractivity contribution is 8.14. The van der Waals surface area contributed by atoms with Gasteiger partial charge in [-0.15, -0.1) is 5.10 Å². The van der Waals surface area contributed by atoms with E-state index in [0.29, 0.717) is 23.8 Å². The maximum atomic E-state index is 12.7. The van der Waals surface area contributed by atoms with Crippen molar-refractivity contribution in [1.82, 2.24) is 0 Å². The quantitative estimate of drug-likeness (QED) is 0.341. The number of nitrogens with zero attached hydrogens (tertiary/aromatic N) is 3. The third-order valence-electron chi connectivity index (χ3n) is 4.26. The van der Waals surface area contributed by atoms with Crippen LogP contribution in [0.2, 0.25) is 0 Å². The topological polar surface area (TPSA) is 97.3 Å². The number of nitrogens with two attached hydrogens (primary N) is 1. The summed E-state index contributed by atoms with van der Waals surface area (Å²) in [5, 5.41) is 7.64. The molecule has 7 nitrogen and oxygen atoms in total. The second-order valence-electron chi connectivity index (χ2n) is 6.29. The second-order valence-corrected chi connectivity index (χ2v) is 7.52. The van der Waals surface area contributed by atoms with Crippen LogP contribution in [0.3, 0.4) is 0 Å². The number of amides is 2. The molecule has 0 aromatic heterocycles. The van der Waals surface area contributed by atoms with Gasteiger partial charge in [-0.2, -0.15) is 5.10 Å². The third kappa shape index (κ3) is 5.03. The Hall–Kier alpha value is -3.13. The lowest BCUT2D eigenvalue weighted by Crippen LogP contribution is -2.31. The fourth-order valence-corrected chi connectivity index (χ4v) is 3.67. The summed E-state index contributed by atoms with van der Waals surface area (Å²) in [4.78, 5) is 26.3. The van der Waals surface area contributed by atoms with Crippen molar-refractivity contribution in [3.8, 4) is 5.75 Å². The van der Waals surface area contributed by atoms with Crippen LogP contribution in [0.25, 0.3) is 0 Å². The van der Waals surface area contributed by atoms with Gasteiger partial charge in [-0.1, -0.05) is 42.1 Å². The van der Waals surface area contributed by atoms with E-state index in [9.17, 15) is 9.59 Å². The number of hydrogen-bond acceptors (Lipinski definition) is 6. The summed E-state index contributed by atoms with van der Waals surface area (Å²) in [6, 6.07) is 16.4. The first-order valence-corrected chi connectivity index (χ1v) is 10.1. The van der Waals surface area contributed by atoms with E-state index < -0.39 is 5.25 Å². The highest BCUT2D eigenvalue weighted by atomic mass is 32.2. The Balaban J connectivity index is 1.67. The summed E-state index contributed by atoms with van der Waals surface area (Å²) in [7, 11) is 0. The lowest BCUT2D eigenvalue weighted by molar-refractivity contribution is -0.121. The summed E-state index contributed by atoms with van der Waals surface area (Å²) in [5.41, 5.74) is 8.09. The van der Waals surface area contributed by atoms with E-state index in [-0.39, 0.29) is 23.4 Å². The number of amidine groups is 1. The van der Waals surface area contributed by atoms with Gasteiger partial charge in [0, 0.05) is 6.42 Å². The van der Waals surface area contributed by atoms with Crippen molar-refractivity contribution in [3.05, 3.63) is 60.2 Å². The zero-order chi connectivity index (χ0) is 20.8. The molecule has 2 aromatic rings. The molecule has 0 spiro atoms. The van der Waals surface area contributed by atoms with Crippen LogP contribution in [0.1, 0.15) is 25.8 Å². The van der Waals surface area contributed by atoms with Crippen LogP contribution >= 0.6 is 11.8 Å². The van der Waals surface area contributed by atoms with Crippen LogP contribution < -0.4 is 15.4 Å². The summed E-state index contributed by atoms with van der Waals surface area (Å²) in [6.45, 7) is 4.26. The van der Waals surface area contributed by atoms with Crippen LogP contribution in [-0.4, -0.2) is 34.6 Å². The molecule has 0 saturated carbocycles. The Labute approximate surface area is 173 Å². The number of imide groups is 1. The number of anilines is 1. The van der Waals surface area contributed by atoms with Gasteiger partial charge < -0.3 is 10.5 Å². The monoisotopic (exact) mass is 410 g/mol. The first-order valence-electron chi connectivity index (χ1n) is 9.19. The summed E-state index contributed by atoms with van der Waals surface area (Å²) in [6.07, 6.45) is 0.0638. The minimum absolute atomic E-state index is 0.0638. The largest absolute Gasteiger partial charge is 0.494 e. The fraction of sp³-hybridized carbons (Fsp3) is 0.238. The van der Waals surface area contributed by atoms with E-state index in [4.69, 9.17) is 10.5 Å². The molecule has 1 heterocycles. The van der Waals surface area contributed by atoms with Gasteiger partial charge in [0.1, 0.15) is 11.0 Å². The highest BCUT2D eigenvalue weighted by Gasteiger charge is 2.40. The molecule has 0 bridgehead atoms. The predicted octanol–water partition coefficient (Wildman–Crippen LogP) is 3.19. The molecule has 1 unspecified atom stereocenters. The Morgan fingerprint density at radius 3 is 2.48 bits per heavy atom. The van der Waals surface area contributed by atoms with E-state index >= 15 is 0 Å². The highest BCUT2D eigenvalue weighted by Crippen LogP contribution is 2.30. The van der Waals surface area contributed by atoms with Gasteiger partial charge in [0.15, 0.2) is 5.17 Å². The molecule has 2 N–H and O–H groups in total. The number of ether oxygens (including phenoxy) is 1. The van der Waals surface area contributed by atoms with Gasteiger partial charge in [-0.25, -0.2) is 4.90 Å². The number of carbonyl (C=O) groups is 2. The smallest absolute Gasteiger partial charge is 0.247 e. The molecule has 3 rings (SSSR count). The Bertz CT molecular complexity index is 942. The molecule has 1 aliphatic rings. The lowest BCUT2D eigenvalue weighted by Gasteiger charge is -2.15. The van der Waals surface area contributed by atoms with E-state index in [0.717, 1.165) is 17.3 Å². The van der Waals surface area contributed by atoms with Crippen molar-refractivity contribution in [1.29, 1.82) is 0 Å². The standard InChI is InChI=1S/C21H22N4O3S/c1-3-28-17-11-9-16(10-12-17)25-19(26)13-18(20(25)27)29-21(22)24-23-14(2)15-7-5-4-6-8-15/h4-12,18H,3,13H2,1-2H3,(H2,22,24)/b23-14+. The van der Waals surface area contributed by atoms with Crippen molar-refractivity contribution in [2.24, 2.45) is 15.9 Å². The molecular weight excluding hydrogens is 388 g/mol. The Kier molecular flexibility index (Phi) is 6.66. The Morgan fingerprint density at radius 2 is 1.83 bits per heavy atom. The van der Waals surface area contributed by atoms with Gasteiger partial charge in [0.2, 0.25) is 11.8 Å². The molecule has 1 fully saturated rings. The molecule has 0 radical (unpaired) electrons. The number of carbonyl (C=O) groups excluding carboxylic acids is 2. The first kappa shape index (κ1) is 20.6. The van der Waals surface area contributed by atoms with Crippen LogP contribution in [0.15, 0.2) is 64.8 Å². The van der Waals surface area contributed by atoms with Crippen molar-refractivity contribution >= 4 is 40.1 Å². The molecule has 1 saturated heterocycles. The minimum atomic E-state index is -0.620. The normalized spacial score (nSPS) is 17.7. The predicted molar refractivity (Wildman–Crippen MR) is 116 cm³/mol. The molecular formula is C21H22N4O3S. The summed E-state index contributed by atoms with van der Waals surface area (Å²) < 4.78 is 5.39. The molecule has 8 heteroatoms. The molecule has 29 heavy (non-hydrogen) atoms. The minimum Gasteiger partial charge on any atom is -0.494 e. The molecule has 2 aromatic carbocycles. The fourth-order valence-electron chi connectivity index (χ4n) is 2.86. The Morgan fingerprint density at radius 1 is 1.14 bits per heavy atom. The number of hydrogen-bond donors (Lipinski definition) is 1. The van der Waals surface area contributed by atoms with Crippen LogP contribution in [0.5, 0.6) is 5.75 Å². The van der Waals surface area contributed by atoms with Crippen LogP contribution in [-0.2, 0) is 9.59 Å². The van der Waals surface area contributed by atoms with Crippen LogP contribution in [0.4, 0.5) is 5.69 Å². The number of rotatable bonds is 6. The molecule has 2 amide bonds. The van der Waals surface area contributed by atoms with Gasteiger partial charge in [0.25, 0.3) is 0 Å². The van der Waals surface area contributed by atoms with Crippen molar-refractivity contribution in [2.45, 2.75) is 25.5 Å². The maximum absolute atomic E-state index is 12.7. The summed E-state index contributed by atoms with van der Waals surface area (Å²) >= 11 is 1.05. The second kappa shape index (κ2) is 9.38. The van der Waals surface area contributed by atoms with Crippen LogP contribution in [0, 0.1) is 0 Å². The number of benzene rings is 2. The molecule has 1 aliphatic heterocycles. The number of thioether (sulfide) groups is 1. The van der Waals surface area contributed by atoms with Gasteiger partial charge in [-0.3, -0.25) is 9.59 Å². The molecule has 150 valence electrons. The van der Waals surface area contributed by atoms with Gasteiger partial charge in [-0.05, 0) is 43.7 Å². The molecule has 1 atom stereocenters. The lowest BCUT2D eigenvalue weighted by atomic mass is 10.1. The van der Waals surface area contributed by atoms with Gasteiger partial charge >= 0.3 is 0 Å². The maximum Gasteiger partial charge on any atom is 0.247 e. The molecule has 0 aliphatic carbocycles. The average molecular weight is 410 g/mol. The SMILES string of the molecule is CCOc1ccc(N2C(=O)CC(S/C(N)=N\N=C(/C)c3ccccc3)C2=O)cc1. The van der Waals surface area contributed by atoms with E-state index in [1.807, 2.05) is 44.2 Å². The van der Waals surface area contributed by atoms with Crippen molar-refractivity contribution in [2.75, 3.05) is 11.5 Å². The van der Waals surface area contributed by atoms with E-state index in [1.54, 1.807) is 24.3 Å². The zero-order valence-electron chi connectivity index (χ0n) is 16.2. The van der Waals surface area contributed by atoms with E-state index in [1.165, 1.54) is 4.90 Å². The average Bonchev–Trinajstić information content (AvgIpc) is 3.00. The summed E-state index contributed by atoms with van der Waals surface area (Å²) in [5.74, 6) is 0.101. The van der Waals surface area contributed by atoms with Gasteiger partial charge in [0.05, 0.1) is 18.0 Å². The first-order chi connectivity index (χ1) is 14.0. The van der Waals surface area contributed by atoms with Crippen molar-refractivity contribution < 1.29 is 14.3 Å². The zero-order valence-corrected chi connectivity index (χ0v) is 17.1. The van der Waals surface area contributed by atoms with E-state index in [2.05, 4.69) is 10.2 Å². The van der Waals surface area contributed by atoms with Crippen molar-refractivity contribution in [3.63, 3.8) is 0 Å².